The molecule has 0 fully saturated rings. The molecule has 0 saturated heterocycles. The van der Waals surface area contributed by atoms with Gasteiger partial charge in [0, 0.05) is 5.02 Å². The molecule has 1 aromatic heterocycles. The second-order valence-electron chi connectivity index (χ2n) is 5.57. The van der Waals surface area contributed by atoms with E-state index in [0.717, 1.165) is 0 Å². The number of benzene rings is 1. The second-order valence-corrected chi connectivity index (χ2v) is 6.00. The van der Waals surface area contributed by atoms with Gasteiger partial charge in [0.1, 0.15) is 22.9 Å². The Morgan fingerprint density at radius 1 is 1.18 bits per heavy atom. The molecule has 0 aliphatic heterocycles. The first kappa shape index (κ1) is 16.1. The van der Waals surface area contributed by atoms with Crippen LogP contribution in [0.4, 0.5) is 10.6 Å². The number of anilines is 1. The summed E-state index contributed by atoms with van der Waals surface area (Å²) in [6.45, 7) is 5.38. The molecule has 1 aromatic carbocycles. The zero-order chi connectivity index (χ0) is 16.2. The van der Waals surface area contributed by atoms with Gasteiger partial charge in [-0.25, -0.2) is 9.78 Å². The average molecular weight is 321 g/mol. The molecule has 22 heavy (non-hydrogen) atoms. The summed E-state index contributed by atoms with van der Waals surface area (Å²) in [5.74, 6) is 1.53. The molecule has 5 nitrogen and oxygen atoms in total. The summed E-state index contributed by atoms with van der Waals surface area (Å²) < 4.78 is 10.8. The predicted molar refractivity (Wildman–Crippen MR) is 85.6 cm³/mol. The molecule has 1 N–H and O–H groups in total. The van der Waals surface area contributed by atoms with Gasteiger partial charge in [-0.1, -0.05) is 17.7 Å². The third-order valence-electron chi connectivity index (χ3n) is 2.40. The first-order valence-corrected chi connectivity index (χ1v) is 7.09. The Kier molecular flexibility index (Phi) is 4.88. The van der Waals surface area contributed by atoms with Crippen LogP contribution in [0.15, 0.2) is 42.6 Å². The zero-order valence-electron chi connectivity index (χ0n) is 12.6. The van der Waals surface area contributed by atoms with Gasteiger partial charge in [-0.05, 0) is 51.1 Å². The van der Waals surface area contributed by atoms with E-state index in [0.29, 0.717) is 22.3 Å². The number of ether oxygens (including phenoxy) is 2. The van der Waals surface area contributed by atoms with Crippen LogP contribution in [0, 0.1) is 0 Å². The molecule has 6 heteroatoms. The number of carbonyl (C=O) groups excluding carboxylic acids is 1. The maximum atomic E-state index is 11.6. The molecule has 0 bridgehead atoms. The molecule has 2 rings (SSSR count). The number of halogens is 1. The van der Waals surface area contributed by atoms with Crippen molar-refractivity contribution in [2.75, 3.05) is 5.32 Å². The summed E-state index contributed by atoms with van der Waals surface area (Å²) in [6.07, 6.45) is 0.955. The number of hydrogen-bond donors (Lipinski definition) is 1. The predicted octanol–water partition coefficient (Wildman–Crippen LogP) is 4.87. The molecule has 2 aromatic rings. The number of amides is 1. The molecule has 0 saturated carbocycles. The van der Waals surface area contributed by atoms with Crippen LogP contribution in [-0.2, 0) is 4.74 Å². The first-order valence-electron chi connectivity index (χ1n) is 6.71. The van der Waals surface area contributed by atoms with Crippen LogP contribution in [0.25, 0.3) is 0 Å². The van der Waals surface area contributed by atoms with Gasteiger partial charge in [-0.3, -0.25) is 5.32 Å². The number of hydrogen-bond acceptors (Lipinski definition) is 4. The van der Waals surface area contributed by atoms with Gasteiger partial charge in [0.25, 0.3) is 0 Å². The topological polar surface area (TPSA) is 60.5 Å². The second kappa shape index (κ2) is 6.66. The van der Waals surface area contributed by atoms with Crippen molar-refractivity contribution in [3.05, 3.63) is 47.6 Å². The molecule has 1 heterocycles. The molecule has 1 amide bonds. The standard InChI is InChI=1S/C16H17ClN2O3/c1-16(2,3)22-15(20)19-14-8-7-13(10-18-14)21-12-6-4-5-11(17)9-12/h4-10H,1-3H3,(H,18,19,20). The largest absolute Gasteiger partial charge is 0.456 e. The van der Waals surface area contributed by atoms with Crippen LogP contribution in [0.1, 0.15) is 20.8 Å². The van der Waals surface area contributed by atoms with Gasteiger partial charge in [-0.2, -0.15) is 0 Å². The maximum Gasteiger partial charge on any atom is 0.413 e. The number of carbonyl (C=O) groups is 1. The third kappa shape index (κ3) is 5.26. The number of pyridine rings is 1. The van der Waals surface area contributed by atoms with Crippen molar-refractivity contribution in [1.29, 1.82) is 0 Å². The SMILES string of the molecule is CC(C)(C)OC(=O)Nc1ccc(Oc2cccc(Cl)c2)cn1. The Morgan fingerprint density at radius 3 is 2.55 bits per heavy atom. The van der Waals surface area contributed by atoms with Gasteiger partial charge in [0.15, 0.2) is 0 Å². The number of aromatic nitrogens is 1. The van der Waals surface area contributed by atoms with Crippen LogP contribution in [0.5, 0.6) is 11.5 Å². The van der Waals surface area contributed by atoms with Crippen molar-refractivity contribution in [2.24, 2.45) is 0 Å². The Hall–Kier alpha value is -2.27. The molecular formula is C16H17ClN2O3. The number of nitrogens with zero attached hydrogens (tertiary/aromatic N) is 1. The molecule has 0 aliphatic rings. The lowest BCUT2D eigenvalue weighted by molar-refractivity contribution is 0.0635. The van der Waals surface area contributed by atoms with Crippen LogP contribution < -0.4 is 10.1 Å². The minimum absolute atomic E-state index is 0.382. The highest BCUT2D eigenvalue weighted by atomic mass is 35.5. The van der Waals surface area contributed by atoms with E-state index in [4.69, 9.17) is 21.1 Å². The van der Waals surface area contributed by atoms with Crippen molar-refractivity contribution in [3.8, 4) is 11.5 Å². The van der Waals surface area contributed by atoms with Gasteiger partial charge in [-0.15, -0.1) is 0 Å². The molecule has 116 valence electrons. The lowest BCUT2D eigenvalue weighted by atomic mass is 10.2. The van der Waals surface area contributed by atoms with Crippen LogP contribution in [0.3, 0.4) is 0 Å². The summed E-state index contributed by atoms with van der Waals surface area (Å²) in [5, 5.41) is 3.14. The molecule has 0 radical (unpaired) electrons. The molecule has 0 spiro atoms. The summed E-state index contributed by atoms with van der Waals surface area (Å²) >= 11 is 5.89. The first-order chi connectivity index (χ1) is 10.3. The highest BCUT2D eigenvalue weighted by molar-refractivity contribution is 6.30. The fourth-order valence-corrected chi connectivity index (χ4v) is 1.77. The highest BCUT2D eigenvalue weighted by Gasteiger charge is 2.16. The molecule has 0 atom stereocenters. The maximum absolute atomic E-state index is 11.6. The fourth-order valence-electron chi connectivity index (χ4n) is 1.59. The van der Waals surface area contributed by atoms with E-state index in [2.05, 4.69) is 10.3 Å². The minimum atomic E-state index is -0.556. The van der Waals surface area contributed by atoms with Crippen molar-refractivity contribution in [3.63, 3.8) is 0 Å². The molecule has 0 aliphatic carbocycles. The van der Waals surface area contributed by atoms with Gasteiger partial charge in [0.05, 0.1) is 6.20 Å². The molecule has 0 unspecified atom stereocenters. The Morgan fingerprint density at radius 2 is 1.95 bits per heavy atom. The lowest BCUT2D eigenvalue weighted by Gasteiger charge is -2.19. The van der Waals surface area contributed by atoms with E-state index in [-0.39, 0.29) is 0 Å². The zero-order valence-corrected chi connectivity index (χ0v) is 13.3. The van der Waals surface area contributed by atoms with Crippen molar-refractivity contribution in [2.45, 2.75) is 26.4 Å². The summed E-state index contributed by atoms with van der Waals surface area (Å²) in [5.41, 5.74) is -0.556. The van der Waals surface area contributed by atoms with E-state index >= 15 is 0 Å². The third-order valence-corrected chi connectivity index (χ3v) is 2.63. The highest BCUT2D eigenvalue weighted by Crippen LogP contribution is 2.24. The van der Waals surface area contributed by atoms with Crippen LogP contribution in [-0.4, -0.2) is 16.7 Å². The van der Waals surface area contributed by atoms with Gasteiger partial charge in [0.2, 0.25) is 0 Å². The normalized spacial score (nSPS) is 10.9. The van der Waals surface area contributed by atoms with E-state index in [1.807, 2.05) is 0 Å². The van der Waals surface area contributed by atoms with Gasteiger partial charge >= 0.3 is 6.09 Å². The van der Waals surface area contributed by atoms with E-state index in [1.54, 1.807) is 57.2 Å². The van der Waals surface area contributed by atoms with Crippen LogP contribution >= 0.6 is 11.6 Å². The van der Waals surface area contributed by atoms with Crippen LogP contribution in [0.2, 0.25) is 5.02 Å². The Bertz CT molecular complexity index is 651. The quantitative estimate of drug-likeness (QED) is 0.876. The Balaban J connectivity index is 1.97. The monoisotopic (exact) mass is 320 g/mol. The number of nitrogens with one attached hydrogen (secondary N) is 1. The lowest BCUT2D eigenvalue weighted by Crippen LogP contribution is -2.27. The summed E-state index contributed by atoms with van der Waals surface area (Å²) in [4.78, 5) is 15.7. The number of rotatable bonds is 3. The molecular weight excluding hydrogens is 304 g/mol. The van der Waals surface area contributed by atoms with Crippen molar-refractivity contribution < 1.29 is 14.3 Å². The van der Waals surface area contributed by atoms with E-state index in [1.165, 1.54) is 6.20 Å². The average Bonchev–Trinajstić information content (AvgIpc) is 2.39. The van der Waals surface area contributed by atoms with Crippen molar-refractivity contribution >= 4 is 23.5 Å². The van der Waals surface area contributed by atoms with E-state index < -0.39 is 11.7 Å². The van der Waals surface area contributed by atoms with Crippen molar-refractivity contribution in [1.82, 2.24) is 4.98 Å². The summed E-state index contributed by atoms with van der Waals surface area (Å²) in [6, 6.07) is 10.4. The Labute approximate surface area is 134 Å². The summed E-state index contributed by atoms with van der Waals surface area (Å²) in [7, 11) is 0. The van der Waals surface area contributed by atoms with E-state index in [9.17, 15) is 4.79 Å². The smallest absolute Gasteiger partial charge is 0.413 e. The minimum Gasteiger partial charge on any atom is -0.456 e. The van der Waals surface area contributed by atoms with Gasteiger partial charge < -0.3 is 9.47 Å². The fraction of sp³-hybridized carbons (Fsp3) is 0.250.